The number of rotatable bonds is 7. The second kappa shape index (κ2) is 9.78. The highest BCUT2D eigenvalue weighted by molar-refractivity contribution is 7.99. The lowest BCUT2D eigenvalue weighted by atomic mass is 10.2. The molecule has 12 heteroatoms. The van der Waals surface area contributed by atoms with E-state index in [9.17, 15) is 9.59 Å². The van der Waals surface area contributed by atoms with Crippen molar-refractivity contribution in [1.82, 2.24) is 25.1 Å². The van der Waals surface area contributed by atoms with Gasteiger partial charge in [-0.2, -0.15) is 0 Å². The Hall–Kier alpha value is -2.14. The van der Waals surface area contributed by atoms with Crippen LogP contribution in [-0.2, 0) is 11.8 Å². The van der Waals surface area contributed by atoms with E-state index in [0.29, 0.717) is 26.7 Å². The molecule has 30 heavy (non-hydrogen) atoms. The summed E-state index contributed by atoms with van der Waals surface area (Å²) >= 11 is 14.6. The zero-order valence-corrected chi connectivity index (χ0v) is 19.4. The van der Waals surface area contributed by atoms with Crippen molar-refractivity contribution in [2.45, 2.75) is 25.0 Å². The number of nitrogens with zero attached hydrogens (tertiary/aromatic N) is 4. The second-order valence-electron chi connectivity index (χ2n) is 6.35. The monoisotopic (exact) mass is 484 g/mol. The normalized spacial score (nSPS) is 11.9. The lowest BCUT2D eigenvalue weighted by molar-refractivity contribution is -0.113. The number of halogens is 2. The van der Waals surface area contributed by atoms with Crippen molar-refractivity contribution < 1.29 is 9.59 Å². The average Bonchev–Trinajstić information content (AvgIpc) is 3.25. The van der Waals surface area contributed by atoms with Gasteiger partial charge in [0.25, 0.3) is 5.91 Å². The number of amides is 2. The minimum Gasteiger partial charge on any atom is -0.342 e. The summed E-state index contributed by atoms with van der Waals surface area (Å²) in [7, 11) is 1.78. The number of thioether (sulfide) groups is 1. The molecule has 0 spiro atoms. The highest BCUT2D eigenvalue weighted by atomic mass is 35.5. The fourth-order valence-electron chi connectivity index (χ4n) is 2.54. The minimum absolute atomic E-state index is 0.158. The van der Waals surface area contributed by atoms with Gasteiger partial charge in [-0.1, -0.05) is 35.0 Å². The summed E-state index contributed by atoms with van der Waals surface area (Å²) < 4.78 is 1.74. The Morgan fingerprint density at radius 2 is 2.07 bits per heavy atom. The minimum atomic E-state index is -0.428. The Morgan fingerprint density at radius 3 is 2.73 bits per heavy atom. The molecule has 2 heterocycles. The number of aromatic nitrogens is 4. The Morgan fingerprint density at radius 1 is 1.30 bits per heavy atom. The van der Waals surface area contributed by atoms with Crippen molar-refractivity contribution in [3.63, 3.8) is 0 Å². The molecule has 8 nitrogen and oxygen atoms in total. The van der Waals surface area contributed by atoms with Crippen LogP contribution in [-0.4, -0.2) is 37.3 Å². The van der Waals surface area contributed by atoms with Gasteiger partial charge in [-0.05, 0) is 32.0 Å². The van der Waals surface area contributed by atoms with Gasteiger partial charge in [0.05, 0.1) is 28.1 Å². The van der Waals surface area contributed by atoms with Gasteiger partial charge < -0.3 is 15.2 Å². The number of thiazole rings is 1. The van der Waals surface area contributed by atoms with Crippen LogP contribution in [0.1, 0.15) is 34.8 Å². The molecule has 0 aliphatic heterocycles. The highest BCUT2D eigenvalue weighted by Crippen LogP contribution is 2.23. The zero-order valence-electron chi connectivity index (χ0n) is 16.3. The van der Waals surface area contributed by atoms with Gasteiger partial charge in [-0.15, -0.1) is 21.5 Å². The number of anilines is 1. The molecule has 1 aromatic carbocycles. The molecule has 3 rings (SSSR count). The third-order valence-electron chi connectivity index (χ3n) is 3.98. The molecule has 2 N–H and O–H groups in total. The molecule has 3 aromatic rings. The molecule has 2 amide bonds. The zero-order chi connectivity index (χ0) is 21.8. The lowest BCUT2D eigenvalue weighted by Crippen LogP contribution is -2.28. The van der Waals surface area contributed by atoms with Gasteiger partial charge in [0.1, 0.15) is 0 Å². The van der Waals surface area contributed by atoms with Gasteiger partial charge in [0, 0.05) is 17.5 Å². The molecule has 0 aliphatic carbocycles. The predicted octanol–water partition coefficient (Wildman–Crippen LogP) is 4.11. The quantitative estimate of drug-likeness (QED) is 0.489. The molecule has 0 aliphatic rings. The molecule has 1 atom stereocenters. The van der Waals surface area contributed by atoms with E-state index < -0.39 is 6.04 Å². The number of carbonyl (C=O) groups is 2. The Bertz CT molecular complexity index is 1080. The van der Waals surface area contributed by atoms with Gasteiger partial charge in [0.2, 0.25) is 5.91 Å². The highest BCUT2D eigenvalue weighted by Gasteiger charge is 2.20. The Labute approximate surface area is 191 Å². The Balaban J connectivity index is 1.59. The van der Waals surface area contributed by atoms with Gasteiger partial charge in [0.15, 0.2) is 16.1 Å². The van der Waals surface area contributed by atoms with Crippen molar-refractivity contribution in [2.75, 3.05) is 11.1 Å². The smallest absolute Gasteiger partial charge is 0.253 e. The van der Waals surface area contributed by atoms with E-state index in [-0.39, 0.29) is 22.6 Å². The molecule has 0 unspecified atom stereocenters. The third-order valence-corrected chi connectivity index (χ3v) is 6.42. The molecular weight excluding hydrogens is 467 g/mol. The maximum atomic E-state index is 12.5. The number of carbonyl (C=O) groups excluding carboxylic acids is 2. The molecular formula is C18H18Cl2N6O2S2. The van der Waals surface area contributed by atoms with E-state index in [2.05, 4.69) is 25.8 Å². The van der Waals surface area contributed by atoms with Crippen LogP contribution in [0.15, 0.2) is 28.7 Å². The van der Waals surface area contributed by atoms with E-state index >= 15 is 0 Å². The van der Waals surface area contributed by atoms with E-state index in [1.54, 1.807) is 30.7 Å². The summed E-state index contributed by atoms with van der Waals surface area (Å²) in [6.07, 6.45) is 0. The number of aryl methyl sites for hydroxylation is 1. The van der Waals surface area contributed by atoms with Crippen molar-refractivity contribution in [2.24, 2.45) is 7.05 Å². The number of hydrogen-bond acceptors (Lipinski definition) is 7. The molecule has 2 aromatic heterocycles. The summed E-state index contributed by atoms with van der Waals surface area (Å²) in [5, 5.41) is 17.6. The predicted molar refractivity (Wildman–Crippen MR) is 120 cm³/mol. The lowest BCUT2D eigenvalue weighted by Gasteiger charge is -2.14. The van der Waals surface area contributed by atoms with Crippen molar-refractivity contribution >= 4 is 63.2 Å². The summed E-state index contributed by atoms with van der Waals surface area (Å²) in [6, 6.07) is 4.25. The first-order valence-corrected chi connectivity index (χ1v) is 11.4. The van der Waals surface area contributed by atoms with Crippen LogP contribution in [0.4, 0.5) is 5.13 Å². The first-order valence-electron chi connectivity index (χ1n) is 8.74. The van der Waals surface area contributed by atoms with Crippen LogP contribution in [0.3, 0.4) is 0 Å². The fraction of sp³-hybridized carbons (Fsp3) is 0.278. The maximum absolute atomic E-state index is 12.5. The molecule has 0 fully saturated rings. The number of benzene rings is 1. The number of hydrogen-bond donors (Lipinski definition) is 2. The fourth-order valence-corrected chi connectivity index (χ4v) is 4.46. The number of nitrogens with one attached hydrogen (secondary N) is 2. The summed E-state index contributed by atoms with van der Waals surface area (Å²) in [4.78, 5) is 28.8. The van der Waals surface area contributed by atoms with E-state index in [4.69, 9.17) is 23.2 Å². The summed E-state index contributed by atoms with van der Waals surface area (Å²) in [5.74, 6) is 0.176. The van der Waals surface area contributed by atoms with Crippen LogP contribution in [0.5, 0.6) is 0 Å². The molecule has 0 radical (unpaired) electrons. The van der Waals surface area contributed by atoms with E-state index in [1.807, 2.05) is 12.3 Å². The van der Waals surface area contributed by atoms with Crippen molar-refractivity contribution in [3.05, 3.63) is 50.7 Å². The van der Waals surface area contributed by atoms with Crippen molar-refractivity contribution in [1.29, 1.82) is 0 Å². The largest absolute Gasteiger partial charge is 0.342 e. The van der Waals surface area contributed by atoms with Crippen LogP contribution < -0.4 is 10.6 Å². The van der Waals surface area contributed by atoms with E-state index in [1.165, 1.54) is 29.2 Å². The van der Waals surface area contributed by atoms with Crippen LogP contribution >= 0.6 is 46.3 Å². The molecule has 0 saturated carbocycles. The summed E-state index contributed by atoms with van der Waals surface area (Å²) in [6.45, 7) is 3.65. The third kappa shape index (κ3) is 5.51. The van der Waals surface area contributed by atoms with Crippen LogP contribution in [0.25, 0.3) is 0 Å². The average molecular weight is 485 g/mol. The Kier molecular flexibility index (Phi) is 7.35. The molecule has 158 valence electrons. The van der Waals surface area contributed by atoms with Crippen molar-refractivity contribution in [3.8, 4) is 0 Å². The SMILES string of the molecule is Cc1csc(NC(=O)CSc2nnc([C@@H](C)NC(=O)c3ccc(Cl)cc3Cl)n2C)n1. The first-order chi connectivity index (χ1) is 14.2. The summed E-state index contributed by atoms with van der Waals surface area (Å²) in [5.41, 5.74) is 1.18. The molecule has 0 saturated heterocycles. The van der Waals surface area contributed by atoms with Gasteiger partial charge in [-0.3, -0.25) is 9.59 Å². The topological polar surface area (TPSA) is 102 Å². The standard InChI is InChI=1S/C18H18Cl2N6O2S2/c1-9-7-29-17(21-9)23-14(27)8-30-18-25-24-15(26(18)3)10(2)22-16(28)12-5-4-11(19)6-13(12)20/h4-7,10H,8H2,1-3H3,(H,22,28)(H,21,23,27)/t10-/m1/s1. The maximum Gasteiger partial charge on any atom is 0.253 e. The second-order valence-corrected chi connectivity index (χ2v) is 8.99. The van der Waals surface area contributed by atoms with Crippen LogP contribution in [0, 0.1) is 6.92 Å². The van der Waals surface area contributed by atoms with Gasteiger partial charge >= 0.3 is 0 Å². The van der Waals surface area contributed by atoms with Gasteiger partial charge in [-0.25, -0.2) is 4.98 Å². The van der Waals surface area contributed by atoms with E-state index in [0.717, 1.165) is 5.69 Å². The first kappa shape index (κ1) is 22.5. The molecule has 0 bridgehead atoms. The van der Waals surface area contributed by atoms with Crippen LogP contribution in [0.2, 0.25) is 10.0 Å².